The topological polar surface area (TPSA) is 105 Å². The number of methoxy groups -OCH3 is 1. The summed E-state index contributed by atoms with van der Waals surface area (Å²) < 4.78 is 20.3. The number of aliphatic hydroxyl groups is 1. The Labute approximate surface area is 226 Å². The van der Waals surface area contributed by atoms with E-state index < -0.39 is 35.1 Å². The Hall–Kier alpha value is -3.59. The van der Waals surface area contributed by atoms with Gasteiger partial charge in [-0.1, -0.05) is 48.0 Å². The third kappa shape index (κ3) is 7.71. The van der Waals surface area contributed by atoms with Gasteiger partial charge in [-0.15, -0.1) is 0 Å². The van der Waals surface area contributed by atoms with Crippen LogP contribution in [0.3, 0.4) is 0 Å². The molecule has 1 aliphatic carbocycles. The summed E-state index contributed by atoms with van der Waals surface area (Å²) >= 11 is 5.91. The molecule has 1 saturated carbocycles. The second kappa shape index (κ2) is 13.3. The Bertz CT molecular complexity index is 1250. The van der Waals surface area contributed by atoms with E-state index in [2.05, 4.69) is 10.6 Å². The minimum Gasteiger partial charge on any atom is -0.393 e. The number of halogens is 2. The first-order valence-electron chi connectivity index (χ1n) is 12.0. The van der Waals surface area contributed by atoms with Gasteiger partial charge in [-0.05, 0) is 67.8 Å². The number of carbonyl (C=O) groups is 3. The molecule has 3 rings (SSSR count). The van der Waals surface area contributed by atoms with Crippen molar-refractivity contribution in [3.63, 3.8) is 0 Å². The lowest BCUT2D eigenvalue weighted by Crippen LogP contribution is -2.34. The van der Waals surface area contributed by atoms with E-state index in [1.54, 1.807) is 60.7 Å². The maximum absolute atomic E-state index is 14.8. The monoisotopic (exact) mass is 540 g/mol. The number of hydrogen-bond donors (Lipinski definition) is 3. The number of nitrogens with one attached hydrogen (secondary N) is 2. The van der Waals surface area contributed by atoms with Crippen molar-refractivity contribution in [2.24, 2.45) is 11.8 Å². The first-order valence-corrected chi connectivity index (χ1v) is 12.4. The lowest BCUT2D eigenvalue weighted by molar-refractivity contribution is -0.128. The number of hydrogen-bond acceptors (Lipinski definition) is 5. The van der Waals surface area contributed by atoms with Crippen LogP contribution in [0, 0.1) is 17.7 Å². The molecule has 0 spiro atoms. The van der Waals surface area contributed by atoms with Crippen LogP contribution < -0.4 is 10.6 Å². The zero-order chi connectivity index (χ0) is 27.7. The molecule has 3 N–H and O–H groups in total. The van der Waals surface area contributed by atoms with E-state index in [4.69, 9.17) is 16.3 Å². The summed E-state index contributed by atoms with van der Waals surface area (Å²) in [5, 5.41) is 15.8. The molecule has 9 heteroatoms. The highest BCUT2D eigenvalue weighted by Gasteiger charge is 2.51. The zero-order valence-corrected chi connectivity index (χ0v) is 21.9. The summed E-state index contributed by atoms with van der Waals surface area (Å²) in [5.41, 5.74) is -0.00941. The Morgan fingerprint density at radius 2 is 1.66 bits per heavy atom. The molecular formula is C29H30ClFN2O5. The molecule has 1 aliphatic rings. The minimum absolute atomic E-state index is 0.0251. The standard InChI is InChI=1S/C29H30ClFN2O5/c1-19(35)7-5-3-4-6-8-20-9-14-26(25(31)15-20)33-28(37)24-17-29(18-34,38-2)16-23(24)27(36)32-22-12-10-21(30)11-13-22/h3-15,23-24,34H,16-18H2,1-2H3,(H,32,36)(H,33,37)/b4-3-,7-5-,8-6-/t23-,24-,29?/m0/s1. The number of amides is 2. The third-order valence-electron chi connectivity index (χ3n) is 6.38. The average Bonchev–Trinajstić information content (AvgIpc) is 3.30. The van der Waals surface area contributed by atoms with Crippen molar-refractivity contribution in [1.29, 1.82) is 0 Å². The van der Waals surface area contributed by atoms with Gasteiger partial charge in [-0.3, -0.25) is 14.4 Å². The Morgan fingerprint density at radius 3 is 2.24 bits per heavy atom. The van der Waals surface area contributed by atoms with E-state index >= 15 is 0 Å². The Balaban J connectivity index is 1.72. The van der Waals surface area contributed by atoms with E-state index in [1.165, 1.54) is 32.2 Å². The van der Waals surface area contributed by atoms with Crippen LogP contribution in [-0.2, 0) is 19.1 Å². The van der Waals surface area contributed by atoms with Gasteiger partial charge >= 0.3 is 0 Å². The number of carbonyl (C=O) groups excluding carboxylic acids is 3. The first kappa shape index (κ1) is 29.0. The molecule has 200 valence electrons. The van der Waals surface area contributed by atoms with Crippen LogP contribution in [0.1, 0.15) is 25.3 Å². The van der Waals surface area contributed by atoms with Crippen molar-refractivity contribution >= 4 is 46.6 Å². The highest BCUT2D eigenvalue weighted by molar-refractivity contribution is 6.30. The molecule has 0 aromatic heterocycles. The molecule has 0 heterocycles. The first-order chi connectivity index (χ1) is 18.2. The molecule has 0 bridgehead atoms. The number of aliphatic hydroxyl groups excluding tert-OH is 1. The fourth-order valence-electron chi connectivity index (χ4n) is 4.30. The van der Waals surface area contributed by atoms with Gasteiger partial charge in [0, 0.05) is 17.8 Å². The molecule has 1 unspecified atom stereocenters. The minimum atomic E-state index is -1.07. The smallest absolute Gasteiger partial charge is 0.228 e. The van der Waals surface area contributed by atoms with Crippen LogP contribution in [0.25, 0.3) is 6.08 Å². The quantitative estimate of drug-likeness (QED) is 0.285. The van der Waals surface area contributed by atoms with Crippen LogP contribution in [0.5, 0.6) is 0 Å². The number of anilines is 2. The SMILES string of the molecule is COC1(CO)C[C@H](C(=O)Nc2ccc(Cl)cc2)[C@@H](C(=O)Nc2ccc(\C=C/C=C\C=C/C(C)=O)cc2F)C1. The average molecular weight is 541 g/mol. The number of rotatable bonds is 10. The van der Waals surface area contributed by atoms with Gasteiger partial charge in [-0.2, -0.15) is 0 Å². The molecule has 2 amide bonds. The summed E-state index contributed by atoms with van der Waals surface area (Å²) in [4.78, 5) is 37.2. The number of ketones is 1. The highest BCUT2D eigenvalue weighted by Crippen LogP contribution is 2.42. The van der Waals surface area contributed by atoms with Crippen molar-refractivity contribution in [2.45, 2.75) is 25.4 Å². The molecule has 0 saturated heterocycles. The van der Waals surface area contributed by atoms with Gasteiger partial charge in [-0.25, -0.2) is 4.39 Å². The summed E-state index contributed by atoms with van der Waals surface area (Å²) in [7, 11) is 1.42. The zero-order valence-electron chi connectivity index (χ0n) is 21.1. The van der Waals surface area contributed by atoms with E-state index in [0.717, 1.165) is 0 Å². The van der Waals surface area contributed by atoms with E-state index in [0.29, 0.717) is 16.3 Å². The molecule has 2 aromatic rings. The van der Waals surface area contributed by atoms with Crippen LogP contribution >= 0.6 is 11.6 Å². The largest absolute Gasteiger partial charge is 0.393 e. The van der Waals surface area contributed by atoms with E-state index in [-0.39, 0.29) is 30.9 Å². The maximum Gasteiger partial charge on any atom is 0.228 e. The molecule has 38 heavy (non-hydrogen) atoms. The molecule has 3 atom stereocenters. The predicted octanol–water partition coefficient (Wildman–Crippen LogP) is 5.17. The molecule has 1 fully saturated rings. The summed E-state index contributed by atoms with van der Waals surface area (Å²) in [5.74, 6) is -3.33. The van der Waals surface area contributed by atoms with Gasteiger partial charge in [0.25, 0.3) is 0 Å². The van der Waals surface area contributed by atoms with Crippen molar-refractivity contribution < 1.29 is 28.6 Å². The fourth-order valence-corrected chi connectivity index (χ4v) is 4.42. The maximum atomic E-state index is 14.8. The van der Waals surface area contributed by atoms with Gasteiger partial charge < -0.3 is 20.5 Å². The summed E-state index contributed by atoms with van der Waals surface area (Å²) in [6.07, 6.45) is 9.99. The van der Waals surface area contributed by atoms with Crippen molar-refractivity contribution in [1.82, 2.24) is 0 Å². The Kier molecular flexibility index (Phi) is 10.1. The second-order valence-electron chi connectivity index (χ2n) is 9.10. The van der Waals surface area contributed by atoms with Crippen molar-refractivity contribution in [3.8, 4) is 0 Å². The van der Waals surface area contributed by atoms with Gasteiger partial charge in [0.2, 0.25) is 11.8 Å². The second-order valence-corrected chi connectivity index (χ2v) is 9.54. The third-order valence-corrected chi connectivity index (χ3v) is 6.63. The van der Waals surface area contributed by atoms with Crippen LogP contribution in [0.2, 0.25) is 5.02 Å². The normalized spacial score (nSPS) is 21.4. The number of ether oxygens (including phenoxy) is 1. The number of allylic oxidation sites excluding steroid dienone is 5. The highest BCUT2D eigenvalue weighted by atomic mass is 35.5. The van der Waals surface area contributed by atoms with Gasteiger partial charge in [0.15, 0.2) is 5.78 Å². The van der Waals surface area contributed by atoms with Gasteiger partial charge in [0.05, 0.1) is 29.7 Å². The summed E-state index contributed by atoms with van der Waals surface area (Å²) in [6.45, 7) is 1.08. The van der Waals surface area contributed by atoms with Crippen LogP contribution in [-0.4, -0.2) is 42.0 Å². The van der Waals surface area contributed by atoms with E-state index in [1.807, 2.05) is 0 Å². The van der Waals surface area contributed by atoms with Crippen molar-refractivity contribution in [2.75, 3.05) is 24.4 Å². The van der Waals surface area contributed by atoms with Crippen LogP contribution in [0.4, 0.5) is 15.8 Å². The van der Waals surface area contributed by atoms with Gasteiger partial charge in [0.1, 0.15) is 5.82 Å². The lowest BCUT2D eigenvalue weighted by Gasteiger charge is -2.25. The molecule has 2 aromatic carbocycles. The molecule has 7 nitrogen and oxygen atoms in total. The molecule has 0 radical (unpaired) electrons. The molecule has 0 aliphatic heterocycles. The fraction of sp³-hybridized carbons (Fsp3) is 0.276. The van der Waals surface area contributed by atoms with Crippen molar-refractivity contribution in [3.05, 3.63) is 89.2 Å². The molecular weight excluding hydrogens is 511 g/mol. The van der Waals surface area contributed by atoms with Crippen LogP contribution in [0.15, 0.2) is 72.8 Å². The van der Waals surface area contributed by atoms with E-state index in [9.17, 15) is 23.9 Å². The Morgan fingerprint density at radius 1 is 1.03 bits per heavy atom. The predicted molar refractivity (Wildman–Crippen MR) is 146 cm³/mol. The summed E-state index contributed by atoms with van der Waals surface area (Å²) in [6, 6.07) is 10.9. The lowest BCUT2D eigenvalue weighted by atomic mass is 9.94. The number of benzene rings is 2.